The summed E-state index contributed by atoms with van der Waals surface area (Å²) in [5.41, 5.74) is -0.188. The van der Waals surface area contributed by atoms with Gasteiger partial charge < -0.3 is 9.84 Å². The number of hydrogen-bond donors (Lipinski definition) is 1. The van der Waals surface area contributed by atoms with Crippen LogP contribution in [0.5, 0.6) is 0 Å². The Kier molecular flexibility index (Phi) is 2.96. The molecule has 0 atom stereocenters. The molecule has 2 rings (SSSR count). The molecule has 92 valence electrons. The van der Waals surface area contributed by atoms with Gasteiger partial charge >= 0.3 is 11.9 Å². The number of carboxylic acids is 1. The highest BCUT2D eigenvalue weighted by molar-refractivity contribution is 5.85. The maximum Gasteiger partial charge on any atom is 0.377 e. The van der Waals surface area contributed by atoms with Crippen LogP contribution in [-0.4, -0.2) is 49.1 Å². The first-order chi connectivity index (χ1) is 8.61. The third kappa shape index (κ3) is 2.14. The molecule has 9 nitrogen and oxygen atoms in total. The summed E-state index contributed by atoms with van der Waals surface area (Å²) in [7, 11) is 1.21. The summed E-state index contributed by atoms with van der Waals surface area (Å²) in [5, 5.41) is 19.6. The molecule has 0 unspecified atom stereocenters. The zero-order valence-corrected chi connectivity index (χ0v) is 9.14. The Morgan fingerprint density at radius 2 is 2.11 bits per heavy atom. The number of hydrogen-bond acceptors (Lipinski definition) is 7. The van der Waals surface area contributed by atoms with E-state index >= 15 is 0 Å². The molecular weight excluding hydrogens is 242 g/mol. The zero-order chi connectivity index (χ0) is 13.1. The quantitative estimate of drug-likeness (QED) is 0.725. The lowest BCUT2D eigenvalue weighted by Crippen LogP contribution is -2.08. The zero-order valence-electron chi connectivity index (χ0n) is 9.14. The first kappa shape index (κ1) is 11.6. The van der Waals surface area contributed by atoms with Crippen LogP contribution in [0.2, 0.25) is 0 Å². The van der Waals surface area contributed by atoms with Gasteiger partial charge in [-0.15, -0.1) is 15.3 Å². The standard InChI is InChI=1S/C9H7N5O4/c1-18-9(17)7-10-4-14(13-7)6-3-2-5(8(15)16)11-12-6/h2-4H,1H3,(H,15,16). The third-order valence-corrected chi connectivity index (χ3v) is 1.96. The van der Waals surface area contributed by atoms with Crippen LogP contribution >= 0.6 is 0 Å². The van der Waals surface area contributed by atoms with Crippen LogP contribution in [-0.2, 0) is 4.74 Å². The predicted molar refractivity (Wildman–Crippen MR) is 55.2 cm³/mol. The number of carboxylic acid groups (broad SMARTS) is 1. The van der Waals surface area contributed by atoms with Gasteiger partial charge in [0.2, 0.25) is 0 Å². The fourth-order valence-corrected chi connectivity index (χ4v) is 1.12. The molecule has 0 saturated carbocycles. The van der Waals surface area contributed by atoms with Crippen LogP contribution in [0.1, 0.15) is 21.1 Å². The molecule has 0 aliphatic carbocycles. The molecule has 2 aromatic heterocycles. The Hall–Kier alpha value is -2.84. The van der Waals surface area contributed by atoms with Gasteiger partial charge in [-0.05, 0) is 12.1 Å². The molecule has 18 heavy (non-hydrogen) atoms. The molecule has 0 amide bonds. The molecule has 0 spiro atoms. The third-order valence-electron chi connectivity index (χ3n) is 1.96. The van der Waals surface area contributed by atoms with Gasteiger partial charge in [0.1, 0.15) is 6.33 Å². The van der Waals surface area contributed by atoms with Crippen molar-refractivity contribution in [2.24, 2.45) is 0 Å². The van der Waals surface area contributed by atoms with Crippen molar-refractivity contribution >= 4 is 11.9 Å². The Balaban J connectivity index is 2.29. The Labute approximate surface area is 100 Å². The molecule has 9 heteroatoms. The van der Waals surface area contributed by atoms with Gasteiger partial charge in [0.15, 0.2) is 11.5 Å². The number of carbonyl (C=O) groups is 2. The lowest BCUT2D eigenvalue weighted by Gasteiger charge is -1.97. The summed E-state index contributed by atoms with van der Waals surface area (Å²) >= 11 is 0. The van der Waals surface area contributed by atoms with Crippen molar-refractivity contribution < 1.29 is 19.4 Å². The second-order valence-corrected chi connectivity index (χ2v) is 3.09. The van der Waals surface area contributed by atoms with Crippen molar-refractivity contribution in [2.75, 3.05) is 7.11 Å². The second kappa shape index (κ2) is 4.57. The molecule has 0 radical (unpaired) electrons. The van der Waals surface area contributed by atoms with Crippen molar-refractivity contribution in [3.05, 3.63) is 30.0 Å². The Bertz CT molecular complexity index is 591. The predicted octanol–water partition coefficient (Wildman–Crippen LogP) is -0.458. The Morgan fingerprint density at radius 1 is 1.33 bits per heavy atom. The molecule has 2 aromatic rings. The number of methoxy groups -OCH3 is 1. The van der Waals surface area contributed by atoms with E-state index in [1.54, 1.807) is 0 Å². The maximum absolute atomic E-state index is 11.1. The highest BCUT2D eigenvalue weighted by Gasteiger charge is 2.13. The van der Waals surface area contributed by atoms with Crippen molar-refractivity contribution in [3.8, 4) is 5.82 Å². The van der Waals surface area contributed by atoms with Gasteiger partial charge in [0.05, 0.1) is 7.11 Å². The number of carbonyl (C=O) groups excluding carboxylic acids is 1. The van der Waals surface area contributed by atoms with Gasteiger partial charge in [0, 0.05) is 0 Å². The molecule has 0 fully saturated rings. The number of esters is 1. The largest absolute Gasteiger partial charge is 0.476 e. The van der Waals surface area contributed by atoms with Gasteiger partial charge in [0.25, 0.3) is 5.82 Å². The summed E-state index contributed by atoms with van der Waals surface area (Å²) < 4.78 is 5.63. The van der Waals surface area contributed by atoms with Crippen LogP contribution in [0.3, 0.4) is 0 Å². The molecule has 0 bridgehead atoms. The molecule has 0 aliphatic rings. The molecular formula is C9H7N5O4. The smallest absolute Gasteiger partial charge is 0.377 e. The topological polar surface area (TPSA) is 120 Å². The van der Waals surface area contributed by atoms with Gasteiger partial charge in [-0.3, -0.25) is 0 Å². The van der Waals surface area contributed by atoms with Gasteiger partial charge in [-0.1, -0.05) is 0 Å². The van der Waals surface area contributed by atoms with Crippen molar-refractivity contribution in [2.45, 2.75) is 0 Å². The van der Waals surface area contributed by atoms with Gasteiger partial charge in [-0.2, -0.15) is 4.68 Å². The van der Waals surface area contributed by atoms with Gasteiger partial charge in [-0.25, -0.2) is 14.6 Å². The summed E-state index contributed by atoms with van der Waals surface area (Å²) in [6.45, 7) is 0. The minimum Gasteiger partial charge on any atom is -0.476 e. The number of ether oxygens (including phenoxy) is 1. The first-order valence-electron chi connectivity index (χ1n) is 4.69. The highest BCUT2D eigenvalue weighted by atomic mass is 16.5. The first-order valence-corrected chi connectivity index (χ1v) is 4.69. The average Bonchev–Trinajstić information content (AvgIpc) is 2.87. The van der Waals surface area contributed by atoms with E-state index in [9.17, 15) is 9.59 Å². The van der Waals surface area contributed by atoms with E-state index in [1.807, 2.05) is 0 Å². The molecule has 0 saturated heterocycles. The van der Waals surface area contributed by atoms with E-state index in [0.717, 1.165) is 0 Å². The highest BCUT2D eigenvalue weighted by Crippen LogP contribution is 2.03. The fourth-order valence-electron chi connectivity index (χ4n) is 1.12. The molecule has 0 aromatic carbocycles. The Morgan fingerprint density at radius 3 is 2.67 bits per heavy atom. The van der Waals surface area contributed by atoms with Crippen molar-refractivity contribution in [1.29, 1.82) is 0 Å². The van der Waals surface area contributed by atoms with Crippen molar-refractivity contribution in [3.63, 3.8) is 0 Å². The van der Waals surface area contributed by atoms with Crippen molar-refractivity contribution in [1.82, 2.24) is 25.0 Å². The monoisotopic (exact) mass is 249 g/mol. The number of aromatic nitrogens is 5. The molecule has 1 N–H and O–H groups in total. The number of rotatable bonds is 3. The minimum absolute atomic E-state index is 0.124. The normalized spacial score (nSPS) is 10.1. The summed E-state index contributed by atoms with van der Waals surface area (Å²) in [4.78, 5) is 25.4. The summed E-state index contributed by atoms with van der Waals surface area (Å²) in [6, 6.07) is 2.66. The van der Waals surface area contributed by atoms with E-state index in [-0.39, 0.29) is 17.3 Å². The maximum atomic E-state index is 11.1. The minimum atomic E-state index is -1.18. The number of aromatic carboxylic acids is 1. The fraction of sp³-hybridized carbons (Fsp3) is 0.111. The molecule has 0 aliphatic heterocycles. The van der Waals surface area contributed by atoms with E-state index in [4.69, 9.17) is 5.11 Å². The second-order valence-electron chi connectivity index (χ2n) is 3.09. The van der Waals surface area contributed by atoms with E-state index in [1.165, 1.54) is 30.3 Å². The van der Waals surface area contributed by atoms with Crippen LogP contribution in [0.15, 0.2) is 18.5 Å². The number of nitrogens with zero attached hydrogens (tertiary/aromatic N) is 5. The average molecular weight is 249 g/mol. The lowest BCUT2D eigenvalue weighted by molar-refractivity contribution is 0.0586. The van der Waals surface area contributed by atoms with E-state index < -0.39 is 11.9 Å². The summed E-state index contributed by atoms with van der Waals surface area (Å²) in [6.07, 6.45) is 1.25. The van der Waals surface area contributed by atoms with E-state index in [2.05, 4.69) is 25.0 Å². The summed E-state index contributed by atoms with van der Waals surface area (Å²) in [5.74, 6) is -1.74. The SMILES string of the molecule is COC(=O)c1ncn(-c2ccc(C(=O)O)nn2)n1. The van der Waals surface area contributed by atoms with Crippen LogP contribution in [0, 0.1) is 0 Å². The lowest BCUT2D eigenvalue weighted by atomic mass is 10.4. The van der Waals surface area contributed by atoms with Crippen LogP contribution in [0.4, 0.5) is 0 Å². The molecule has 2 heterocycles. The van der Waals surface area contributed by atoms with Crippen LogP contribution in [0.25, 0.3) is 5.82 Å². The van der Waals surface area contributed by atoms with E-state index in [0.29, 0.717) is 0 Å². The van der Waals surface area contributed by atoms with Crippen LogP contribution < -0.4 is 0 Å².